The average molecular weight is 415 g/mol. The van der Waals surface area contributed by atoms with Crippen molar-refractivity contribution in [3.05, 3.63) is 50.1 Å². The lowest BCUT2D eigenvalue weighted by Crippen LogP contribution is -2.31. The molecule has 1 aliphatic heterocycles. The van der Waals surface area contributed by atoms with E-state index in [4.69, 9.17) is 0 Å². The molecule has 0 saturated heterocycles. The van der Waals surface area contributed by atoms with Gasteiger partial charge in [-0.2, -0.15) is 0 Å². The number of fused-ring (bicyclic) bond motifs is 1. The molecule has 0 N–H and O–H groups in total. The normalized spacial score (nSPS) is 16.1. The van der Waals surface area contributed by atoms with Gasteiger partial charge in [0.15, 0.2) is 0 Å². The number of thiophene rings is 1. The first-order valence-corrected chi connectivity index (χ1v) is 8.93. The van der Waals surface area contributed by atoms with Gasteiger partial charge in [-0.1, -0.05) is 28.1 Å². The quantitative estimate of drug-likeness (QED) is 0.639. The van der Waals surface area contributed by atoms with Gasteiger partial charge in [0.1, 0.15) is 0 Å². The minimum atomic E-state index is 0.185. The number of amides is 1. The van der Waals surface area contributed by atoms with Crippen LogP contribution in [0, 0.1) is 0 Å². The lowest BCUT2D eigenvalue weighted by Gasteiger charge is -2.26. The van der Waals surface area contributed by atoms with Crippen molar-refractivity contribution in [2.45, 2.75) is 17.7 Å². The van der Waals surface area contributed by atoms with E-state index in [9.17, 15) is 4.79 Å². The topological polar surface area (TPSA) is 20.3 Å². The summed E-state index contributed by atoms with van der Waals surface area (Å²) in [6.45, 7) is 0. The van der Waals surface area contributed by atoms with Gasteiger partial charge in [-0.25, -0.2) is 0 Å². The molecule has 2 aromatic rings. The second-order valence-electron chi connectivity index (χ2n) is 4.84. The first-order chi connectivity index (χ1) is 9.58. The van der Waals surface area contributed by atoms with E-state index in [0.29, 0.717) is 6.42 Å². The molecule has 0 aliphatic carbocycles. The molecule has 104 valence electrons. The highest BCUT2D eigenvalue weighted by Gasteiger charge is 2.23. The monoisotopic (exact) mass is 413 g/mol. The Labute approximate surface area is 139 Å². The predicted octanol–water partition coefficient (Wildman–Crippen LogP) is 4.90. The Hall–Kier alpha value is -0.650. The van der Waals surface area contributed by atoms with Crippen LogP contribution in [0.3, 0.4) is 0 Å². The number of hydrogen-bond donors (Lipinski definition) is 0. The zero-order valence-electron chi connectivity index (χ0n) is 10.9. The van der Waals surface area contributed by atoms with Crippen LogP contribution in [0.1, 0.15) is 27.3 Å². The highest BCUT2D eigenvalue weighted by molar-refractivity contribution is 9.11. The first kappa shape index (κ1) is 14.3. The van der Waals surface area contributed by atoms with E-state index in [0.717, 1.165) is 16.6 Å². The fraction of sp³-hybridized carbons (Fsp3) is 0.267. The molecule has 1 aromatic heterocycles. The summed E-state index contributed by atoms with van der Waals surface area (Å²) in [6, 6.07) is 8.43. The number of hydrogen-bond acceptors (Lipinski definition) is 2. The van der Waals surface area contributed by atoms with Crippen LogP contribution in [0.4, 0.5) is 5.69 Å². The van der Waals surface area contributed by atoms with Crippen molar-refractivity contribution in [3.63, 3.8) is 0 Å². The van der Waals surface area contributed by atoms with Crippen molar-refractivity contribution >= 4 is 54.8 Å². The summed E-state index contributed by atoms with van der Waals surface area (Å²) in [5.74, 6) is 0.196. The van der Waals surface area contributed by atoms with Crippen molar-refractivity contribution < 1.29 is 4.79 Å². The van der Waals surface area contributed by atoms with Crippen LogP contribution in [0.2, 0.25) is 0 Å². The van der Waals surface area contributed by atoms with E-state index >= 15 is 0 Å². The van der Waals surface area contributed by atoms with Crippen LogP contribution in [0.5, 0.6) is 0 Å². The maximum absolute atomic E-state index is 11.7. The highest BCUT2D eigenvalue weighted by atomic mass is 79.9. The molecule has 0 spiro atoms. The Kier molecular flexibility index (Phi) is 4.02. The number of alkyl halides is 1. The Morgan fingerprint density at radius 1 is 1.30 bits per heavy atom. The van der Waals surface area contributed by atoms with E-state index < -0.39 is 0 Å². The van der Waals surface area contributed by atoms with Gasteiger partial charge in [-0.15, -0.1) is 11.3 Å². The third-order valence-corrected chi connectivity index (χ3v) is 6.84. The van der Waals surface area contributed by atoms with Crippen LogP contribution in [0.25, 0.3) is 0 Å². The molecule has 1 amide bonds. The molecule has 0 fully saturated rings. The second-order valence-corrected chi connectivity index (χ2v) is 7.55. The fourth-order valence-electron chi connectivity index (χ4n) is 2.47. The van der Waals surface area contributed by atoms with Crippen molar-refractivity contribution in [2.75, 3.05) is 11.9 Å². The molecule has 1 atom stereocenters. The molecule has 1 unspecified atom stereocenters. The smallest absolute Gasteiger partial charge is 0.227 e. The molecular weight excluding hydrogens is 402 g/mol. The van der Waals surface area contributed by atoms with Crippen molar-refractivity contribution in [3.8, 4) is 0 Å². The van der Waals surface area contributed by atoms with Crippen molar-refractivity contribution in [1.29, 1.82) is 0 Å². The number of rotatable bonds is 2. The number of carbonyl (C=O) groups excluding carboxylic acids is 1. The van der Waals surface area contributed by atoms with E-state index in [1.807, 2.05) is 7.05 Å². The zero-order valence-corrected chi connectivity index (χ0v) is 14.9. The van der Waals surface area contributed by atoms with Crippen LogP contribution in [0.15, 0.2) is 34.1 Å². The lowest BCUT2D eigenvalue weighted by atomic mass is 9.98. The second kappa shape index (κ2) is 5.62. The number of benzene rings is 1. The van der Waals surface area contributed by atoms with Crippen molar-refractivity contribution in [2.24, 2.45) is 0 Å². The van der Waals surface area contributed by atoms with Gasteiger partial charge >= 0.3 is 0 Å². The van der Waals surface area contributed by atoms with Crippen LogP contribution in [-0.4, -0.2) is 13.0 Å². The van der Waals surface area contributed by atoms with Crippen molar-refractivity contribution in [1.82, 2.24) is 0 Å². The zero-order chi connectivity index (χ0) is 14.3. The number of carbonyl (C=O) groups is 1. The Bertz CT molecular complexity index is 668. The third-order valence-electron chi connectivity index (χ3n) is 3.61. The molecular formula is C15H13Br2NOS. The Balaban J connectivity index is 1.97. The summed E-state index contributed by atoms with van der Waals surface area (Å²) < 4.78 is 1.13. The van der Waals surface area contributed by atoms with E-state index in [1.165, 1.54) is 16.0 Å². The minimum Gasteiger partial charge on any atom is -0.315 e. The average Bonchev–Trinajstić information content (AvgIpc) is 2.88. The summed E-state index contributed by atoms with van der Waals surface area (Å²) in [4.78, 5) is 14.9. The Morgan fingerprint density at radius 3 is 2.80 bits per heavy atom. The molecule has 0 radical (unpaired) electrons. The summed E-state index contributed by atoms with van der Waals surface area (Å²) in [5, 5.41) is 2.08. The van der Waals surface area contributed by atoms with Gasteiger partial charge in [-0.05, 0) is 51.0 Å². The summed E-state index contributed by atoms with van der Waals surface area (Å²) in [7, 11) is 1.85. The van der Waals surface area contributed by atoms with Gasteiger partial charge in [-0.3, -0.25) is 4.79 Å². The molecule has 2 nitrogen and oxygen atoms in total. The van der Waals surface area contributed by atoms with Crippen LogP contribution in [-0.2, 0) is 11.2 Å². The molecule has 0 bridgehead atoms. The molecule has 2 heterocycles. The van der Waals surface area contributed by atoms with Crippen LogP contribution >= 0.6 is 43.2 Å². The van der Waals surface area contributed by atoms with E-state index in [1.54, 1.807) is 16.2 Å². The van der Waals surface area contributed by atoms with Gasteiger partial charge in [0.2, 0.25) is 5.91 Å². The number of anilines is 1. The largest absolute Gasteiger partial charge is 0.315 e. The van der Waals surface area contributed by atoms with E-state index in [-0.39, 0.29) is 10.7 Å². The molecule has 5 heteroatoms. The number of aryl methyl sites for hydroxylation is 1. The first-order valence-electron chi connectivity index (χ1n) is 6.34. The van der Waals surface area contributed by atoms with Gasteiger partial charge in [0, 0.05) is 28.5 Å². The molecule has 1 aromatic carbocycles. The van der Waals surface area contributed by atoms with Gasteiger partial charge in [0.05, 0.1) is 4.83 Å². The molecule has 20 heavy (non-hydrogen) atoms. The summed E-state index contributed by atoms with van der Waals surface area (Å²) >= 11 is 9.10. The summed E-state index contributed by atoms with van der Waals surface area (Å²) in [5.41, 5.74) is 3.52. The van der Waals surface area contributed by atoms with Crippen LogP contribution < -0.4 is 4.90 Å². The summed E-state index contributed by atoms with van der Waals surface area (Å²) in [6.07, 6.45) is 1.43. The standard InChI is InChI=1S/C15H13Br2NOS/c1-18-12-4-2-10(8-9(12)3-5-13(18)19)14(17)15-11(16)6-7-20-15/h2,4,6-8,14H,3,5H2,1H3. The number of halogens is 2. The fourth-order valence-corrected chi connectivity index (χ4v) is 5.24. The number of nitrogens with zero attached hydrogens (tertiary/aromatic N) is 1. The molecule has 0 saturated carbocycles. The highest BCUT2D eigenvalue weighted by Crippen LogP contribution is 2.40. The molecule has 3 rings (SSSR count). The third kappa shape index (κ3) is 2.47. The molecule has 1 aliphatic rings. The Morgan fingerprint density at radius 2 is 2.10 bits per heavy atom. The lowest BCUT2D eigenvalue weighted by molar-refractivity contribution is -0.118. The van der Waals surface area contributed by atoms with Gasteiger partial charge in [0.25, 0.3) is 0 Å². The predicted molar refractivity (Wildman–Crippen MR) is 91.0 cm³/mol. The maximum atomic E-state index is 11.7. The minimum absolute atomic E-state index is 0.185. The maximum Gasteiger partial charge on any atom is 0.227 e. The SMILES string of the molecule is CN1C(=O)CCc2cc(C(Br)c3sccc3Br)ccc21. The van der Waals surface area contributed by atoms with E-state index in [2.05, 4.69) is 61.5 Å². The van der Waals surface area contributed by atoms with Gasteiger partial charge < -0.3 is 4.90 Å².